The smallest absolute Gasteiger partial charge is 0.262 e. The lowest BCUT2D eigenvalue weighted by atomic mass is 10.1. The van der Waals surface area contributed by atoms with Crippen molar-refractivity contribution in [3.05, 3.63) is 45.6 Å². The molecule has 1 atom stereocenters. The van der Waals surface area contributed by atoms with Crippen molar-refractivity contribution in [1.29, 1.82) is 0 Å². The predicted molar refractivity (Wildman–Crippen MR) is 107 cm³/mol. The van der Waals surface area contributed by atoms with E-state index in [0.717, 1.165) is 46.4 Å². The van der Waals surface area contributed by atoms with E-state index in [4.69, 9.17) is 0 Å². The van der Waals surface area contributed by atoms with Crippen LogP contribution in [0.15, 0.2) is 35.1 Å². The maximum absolute atomic E-state index is 12.9. The minimum absolute atomic E-state index is 0.119. The highest BCUT2D eigenvalue weighted by molar-refractivity contribution is 7.18. The van der Waals surface area contributed by atoms with Crippen LogP contribution in [0.5, 0.6) is 0 Å². The molecule has 26 heavy (non-hydrogen) atoms. The second-order valence-corrected chi connectivity index (χ2v) is 8.00. The number of H-pyrrole nitrogens is 2. The van der Waals surface area contributed by atoms with Gasteiger partial charge in [-0.1, -0.05) is 12.1 Å². The number of thiophene rings is 1. The molecule has 1 unspecified atom stereocenters. The van der Waals surface area contributed by atoms with Crippen LogP contribution >= 0.6 is 11.3 Å². The number of anilines is 1. The van der Waals surface area contributed by atoms with Gasteiger partial charge in [0.1, 0.15) is 16.2 Å². The standard InChI is InChI=1S/C19H19N5OS/c1-10-8-12-16(21-11-6-7-20-9-11)15(18(25)24-19(12)26-10)17-22-13-4-2-3-5-14(13)23-17/h2-5,8,11,20H,6-7,9H2,1H3,(H,22,23)(H2,21,24,25). The average molecular weight is 365 g/mol. The van der Waals surface area contributed by atoms with Crippen LogP contribution in [0.2, 0.25) is 0 Å². The van der Waals surface area contributed by atoms with Gasteiger partial charge >= 0.3 is 0 Å². The summed E-state index contributed by atoms with van der Waals surface area (Å²) < 4.78 is 0. The Kier molecular flexibility index (Phi) is 3.58. The lowest BCUT2D eigenvalue weighted by molar-refractivity contribution is 0.794. The van der Waals surface area contributed by atoms with Crippen molar-refractivity contribution >= 4 is 38.3 Å². The molecular weight excluding hydrogens is 346 g/mol. The van der Waals surface area contributed by atoms with E-state index in [1.54, 1.807) is 11.3 Å². The first kappa shape index (κ1) is 15.6. The summed E-state index contributed by atoms with van der Waals surface area (Å²) in [6.45, 7) is 3.95. The molecule has 5 rings (SSSR count). The van der Waals surface area contributed by atoms with Crippen LogP contribution in [0.25, 0.3) is 32.6 Å². The summed E-state index contributed by atoms with van der Waals surface area (Å²) in [5.41, 5.74) is 3.13. The minimum atomic E-state index is -0.119. The van der Waals surface area contributed by atoms with Gasteiger partial charge in [-0.3, -0.25) is 4.79 Å². The second kappa shape index (κ2) is 5.96. The van der Waals surface area contributed by atoms with Gasteiger partial charge in [0.2, 0.25) is 0 Å². The topological polar surface area (TPSA) is 85.6 Å². The lowest BCUT2D eigenvalue weighted by Crippen LogP contribution is -2.24. The number of nitrogens with one attached hydrogen (secondary N) is 4. The van der Waals surface area contributed by atoms with Crippen molar-refractivity contribution in [2.75, 3.05) is 18.4 Å². The van der Waals surface area contributed by atoms with Gasteiger partial charge in [0, 0.05) is 22.8 Å². The van der Waals surface area contributed by atoms with Crippen LogP contribution in [-0.2, 0) is 0 Å². The molecule has 1 aromatic carbocycles. The molecule has 3 aromatic heterocycles. The van der Waals surface area contributed by atoms with Gasteiger partial charge in [0.15, 0.2) is 0 Å². The Morgan fingerprint density at radius 3 is 2.96 bits per heavy atom. The Morgan fingerprint density at radius 2 is 2.15 bits per heavy atom. The Balaban J connectivity index is 1.76. The van der Waals surface area contributed by atoms with Gasteiger partial charge in [0.05, 0.1) is 16.7 Å². The fourth-order valence-electron chi connectivity index (χ4n) is 3.64. The SMILES string of the molecule is Cc1cc2c(NC3CCNC3)c(-c3nc4ccccc4[nH]3)c(=O)[nH]c2s1. The molecule has 1 saturated heterocycles. The number of hydrogen-bond donors (Lipinski definition) is 4. The summed E-state index contributed by atoms with van der Waals surface area (Å²) in [5.74, 6) is 0.603. The maximum atomic E-state index is 12.9. The first-order valence-electron chi connectivity index (χ1n) is 8.78. The third kappa shape index (κ3) is 2.51. The summed E-state index contributed by atoms with van der Waals surface area (Å²) >= 11 is 1.61. The lowest BCUT2D eigenvalue weighted by Gasteiger charge is -2.16. The summed E-state index contributed by atoms with van der Waals surface area (Å²) in [4.78, 5) is 26.0. The Labute approximate surface area is 153 Å². The van der Waals surface area contributed by atoms with E-state index in [2.05, 4.69) is 38.6 Å². The average Bonchev–Trinajstić information content (AvgIpc) is 3.33. The monoisotopic (exact) mass is 365 g/mol. The molecule has 4 heterocycles. The van der Waals surface area contributed by atoms with E-state index in [0.29, 0.717) is 17.4 Å². The van der Waals surface area contributed by atoms with Crippen LogP contribution in [-0.4, -0.2) is 34.1 Å². The van der Waals surface area contributed by atoms with Crippen LogP contribution in [0, 0.1) is 6.92 Å². The molecule has 0 saturated carbocycles. The van der Waals surface area contributed by atoms with Gasteiger partial charge < -0.3 is 20.6 Å². The van der Waals surface area contributed by atoms with Crippen molar-refractivity contribution in [2.24, 2.45) is 0 Å². The van der Waals surface area contributed by atoms with E-state index in [9.17, 15) is 4.79 Å². The zero-order valence-electron chi connectivity index (χ0n) is 14.3. The first-order valence-corrected chi connectivity index (χ1v) is 9.59. The Morgan fingerprint density at radius 1 is 1.27 bits per heavy atom. The summed E-state index contributed by atoms with van der Waals surface area (Å²) in [5, 5.41) is 8.04. The highest BCUT2D eigenvalue weighted by Crippen LogP contribution is 2.35. The van der Waals surface area contributed by atoms with Crippen LogP contribution in [0.4, 0.5) is 5.69 Å². The number of para-hydroxylation sites is 2. The third-order valence-electron chi connectivity index (χ3n) is 4.86. The largest absolute Gasteiger partial charge is 0.380 e. The van der Waals surface area contributed by atoms with Crippen molar-refractivity contribution < 1.29 is 0 Å². The fourth-order valence-corrected chi connectivity index (χ4v) is 4.55. The van der Waals surface area contributed by atoms with Crippen LogP contribution in [0.3, 0.4) is 0 Å². The van der Waals surface area contributed by atoms with E-state index in [1.165, 1.54) is 4.88 Å². The molecule has 0 amide bonds. The molecule has 0 bridgehead atoms. The first-order chi connectivity index (χ1) is 12.7. The number of pyridine rings is 1. The number of aromatic amines is 2. The van der Waals surface area contributed by atoms with Gasteiger partial charge in [-0.2, -0.15) is 0 Å². The molecule has 1 aliphatic heterocycles. The van der Waals surface area contributed by atoms with Gasteiger partial charge in [-0.05, 0) is 38.1 Å². The van der Waals surface area contributed by atoms with Crippen LogP contribution in [0.1, 0.15) is 11.3 Å². The molecular formula is C19H19N5OS. The molecule has 0 aliphatic carbocycles. The minimum Gasteiger partial charge on any atom is -0.380 e. The van der Waals surface area contributed by atoms with Gasteiger partial charge in [-0.15, -0.1) is 11.3 Å². The van der Waals surface area contributed by atoms with E-state index < -0.39 is 0 Å². The zero-order valence-corrected chi connectivity index (χ0v) is 15.2. The highest BCUT2D eigenvalue weighted by atomic mass is 32.1. The number of rotatable bonds is 3. The Bertz CT molecular complexity index is 1130. The van der Waals surface area contributed by atoms with Gasteiger partial charge in [-0.25, -0.2) is 4.98 Å². The number of fused-ring (bicyclic) bond motifs is 2. The number of aromatic nitrogens is 3. The number of aryl methyl sites for hydroxylation is 1. The predicted octanol–water partition coefficient (Wildman–Crippen LogP) is 3.22. The molecule has 0 spiro atoms. The van der Waals surface area contributed by atoms with Crippen molar-refractivity contribution in [3.8, 4) is 11.4 Å². The molecule has 132 valence electrons. The Hall–Kier alpha value is -2.64. The van der Waals surface area contributed by atoms with Crippen LogP contribution < -0.4 is 16.2 Å². The third-order valence-corrected chi connectivity index (χ3v) is 5.83. The van der Waals surface area contributed by atoms with Crippen molar-refractivity contribution in [3.63, 3.8) is 0 Å². The number of benzene rings is 1. The van der Waals surface area contributed by atoms with Crippen molar-refractivity contribution in [1.82, 2.24) is 20.3 Å². The maximum Gasteiger partial charge on any atom is 0.262 e. The van der Waals surface area contributed by atoms with E-state index in [-0.39, 0.29) is 5.56 Å². The molecule has 4 aromatic rings. The fraction of sp³-hybridized carbons (Fsp3) is 0.263. The molecule has 1 fully saturated rings. The summed E-state index contributed by atoms with van der Waals surface area (Å²) in [6.07, 6.45) is 1.04. The second-order valence-electron chi connectivity index (χ2n) is 6.74. The summed E-state index contributed by atoms with van der Waals surface area (Å²) in [7, 11) is 0. The molecule has 0 radical (unpaired) electrons. The quantitative estimate of drug-likeness (QED) is 0.449. The number of hydrogen-bond acceptors (Lipinski definition) is 5. The van der Waals surface area contributed by atoms with Crippen molar-refractivity contribution in [2.45, 2.75) is 19.4 Å². The zero-order chi connectivity index (χ0) is 17.7. The van der Waals surface area contributed by atoms with E-state index in [1.807, 2.05) is 24.3 Å². The summed E-state index contributed by atoms with van der Waals surface area (Å²) in [6, 6.07) is 10.3. The van der Waals surface area contributed by atoms with Gasteiger partial charge in [0.25, 0.3) is 5.56 Å². The highest BCUT2D eigenvalue weighted by Gasteiger charge is 2.22. The normalized spacial score (nSPS) is 17.3. The van der Waals surface area contributed by atoms with E-state index >= 15 is 0 Å². The number of imidazole rings is 1. The molecule has 1 aliphatic rings. The number of nitrogens with zero attached hydrogens (tertiary/aromatic N) is 1. The molecule has 7 heteroatoms. The molecule has 6 nitrogen and oxygen atoms in total. The molecule has 4 N–H and O–H groups in total.